The van der Waals surface area contributed by atoms with Gasteiger partial charge in [-0.15, -0.1) is 6.58 Å². The van der Waals surface area contributed by atoms with Gasteiger partial charge in [-0.3, -0.25) is 4.79 Å². The zero-order chi connectivity index (χ0) is 17.6. The molecule has 0 aromatic rings. The van der Waals surface area contributed by atoms with Crippen molar-refractivity contribution in [2.24, 2.45) is 0 Å². The van der Waals surface area contributed by atoms with Crippen molar-refractivity contribution in [3.8, 4) is 0 Å². The monoisotopic (exact) mass is 306 g/mol. The molecular weight excluding hydrogens is 272 g/mol. The highest BCUT2D eigenvalue weighted by atomic mass is 16.3. The predicted molar refractivity (Wildman–Crippen MR) is 98.0 cm³/mol. The number of aliphatic hydroxyl groups is 1. The zero-order valence-electron chi connectivity index (χ0n) is 15.3. The second kappa shape index (κ2) is 13.3. The standard InChI is InChI=1S/C10H16O.C10H18O/c1-9(2)5-4-6-10(3)7-8-11;1-5-10(4,11)8-6-7-9(2)3/h5,7-8H,4,6H2,1-3H3;5,7,11H,1,6,8H2,2-4H3/b10-7+;. The summed E-state index contributed by atoms with van der Waals surface area (Å²) in [5.74, 6) is 0. The first-order valence-corrected chi connectivity index (χ1v) is 7.88. The molecule has 0 radical (unpaired) electrons. The normalized spacial score (nSPS) is 13.1. The van der Waals surface area contributed by atoms with Gasteiger partial charge in [0.25, 0.3) is 0 Å². The molecule has 0 saturated heterocycles. The summed E-state index contributed by atoms with van der Waals surface area (Å²) in [6, 6.07) is 0. The van der Waals surface area contributed by atoms with E-state index in [1.807, 2.05) is 6.92 Å². The molecule has 126 valence electrons. The quantitative estimate of drug-likeness (QED) is 0.363. The van der Waals surface area contributed by atoms with Crippen LogP contribution >= 0.6 is 0 Å². The molecule has 0 saturated carbocycles. The van der Waals surface area contributed by atoms with Gasteiger partial charge in [0.1, 0.15) is 6.29 Å². The molecule has 2 nitrogen and oxygen atoms in total. The maximum Gasteiger partial charge on any atom is 0.142 e. The van der Waals surface area contributed by atoms with Crippen molar-refractivity contribution < 1.29 is 9.90 Å². The van der Waals surface area contributed by atoms with E-state index in [2.05, 4.69) is 46.4 Å². The molecule has 0 aromatic carbocycles. The number of hydrogen-bond donors (Lipinski definition) is 1. The van der Waals surface area contributed by atoms with Gasteiger partial charge in [-0.2, -0.15) is 0 Å². The lowest BCUT2D eigenvalue weighted by molar-refractivity contribution is -0.104. The number of carbonyl (C=O) groups excluding carboxylic acids is 1. The number of aldehydes is 1. The van der Waals surface area contributed by atoms with E-state index in [-0.39, 0.29) is 0 Å². The first kappa shape index (κ1) is 22.9. The molecule has 0 bridgehead atoms. The van der Waals surface area contributed by atoms with Gasteiger partial charge in [0.15, 0.2) is 0 Å². The Hall–Kier alpha value is -1.41. The number of rotatable bonds is 8. The van der Waals surface area contributed by atoms with Crippen LogP contribution in [0.4, 0.5) is 0 Å². The lowest BCUT2D eigenvalue weighted by Crippen LogP contribution is -2.19. The minimum atomic E-state index is -0.702. The van der Waals surface area contributed by atoms with Gasteiger partial charge >= 0.3 is 0 Å². The summed E-state index contributed by atoms with van der Waals surface area (Å²) in [6.45, 7) is 15.6. The van der Waals surface area contributed by atoms with Crippen molar-refractivity contribution in [3.05, 3.63) is 47.6 Å². The number of carbonyl (C=O) groups is 1. The Balaban J connectivity index is 0. The van der Waals surface area contributed by atoms with Crippen LogP contribution in [0, 0.1) is 0 Å². The summed E-state index contributed by atoms with van der Waals surface area (Å²) in [4.78, 5) is 10.0. The minimum Gasteiger partial charge on any atom is -0.386 e. The Labute approximate surface area is 137 Å². The smallest absolute Gasteiger partial charge is 0.142 e. The third-order valence-corrected chi connectivity index (χ3v) is 3.09. The first-order chi connectivity index (χ1) is 10.1. The van der Waals surface area contributed by atoms with Gasteiger partial charge in [0, 0.05) is 0 Å². The Morgan fingerprint density at radius 3 is 1.95 bits per heavy atom. The molecule has 1 N–H and O–H groups in total. The molecule has 22 heavy (non-hydrogen) atoms. The molecular formula is C20H34O2. The summed E-state index contributed by atoms with van der Waals surface area (Å²) in [5, 5.41) is 9.49. The molecule has 1 atom stereocenters. The molecule has 0 aromatic heterocycles. The second-order valence-corrected chi connectivity index (χ2v) is 6.35. The zero-order valence-corrected chi connectivity index (χ0v) is 15.3. The molecule has 0 fully saturated rings. The Bertz CT molecular complexity index is 401. The fourth-order valence-electron chi connectivity index (χ4n) is 1.54. The Morgan fingerprint density at radius 1 is 1.05 bits per heavy atom. The maximum atomic E-state index is 10.0. The van der Waals surface area contributed by atoms with E-state index in [1.54, 1.807) is 19.1 Å². The molecule has 0 aliphatic rings. The van der Waals surface area contributed by atoms with Crippen molar-refractivity contribution in [1.82, 2.24) is 0 Å². The lowest BCUT2D eigenvalue weighted by atomic mass is 10.00. The predicted octanol–water partition coefficient (Wildman–Crippen LogP) is 5.55. The fraction of sp³-hybridized carbons (Fsp3) is 0.550. The Morgan fingerprint density at radius 2 is 1.55 bits per heavy atom. The Kier molecular flexibility index (Phi) is 13.8. The largest absolute Gasteiger partial charge is 0.386 e. The van der Waals surface area contributed by atoms with Gasteiger partial charge in [0.05, 0.1) is 5.60 Å². The van der Waals surface area contributed by atoms with Crippen LogP contribution in [-0.4, -0.2) is 17.0 Å². The highest BCUT2D eigenvalue weighted by molar-refractivity contribution is 5.65. The number of hydrogen-bond acceptors (Lipinski definition) is 2. The van der Waals surface area contributed by atoms with Crippen LogP contribution in [0.1, 0.15) is 67.2 Å². The van der Waals surface area contributed by atoms with E-state index in [0.717, 1.165) is 37.5 Å². The highest BCUT2D eigenvalue weighted by Crippen LogP contribution is 2.13. The van der Waals surface area contributed by atoms with Gasteiger partial charge in [-0.25, -0.2) is 0 Å². The fourth-order valence-corrected chi connectivity index (χ4v) is 1.54. The maximum absolute atomic E-state index is 10.0. The van der Waals surface area contributed by atoms with E-state index in [4.69, 9.17) is 0 Å². The average Bonchev–Trinajstić information content (AvgIpc) is 2.38. The second-order valence-electron chi connectivity index (χ2n) is 6.35. The molecule has 0 spiro atoms. The van der Waals surface area contributed by atoms with Crippen LogP contribution in [0.2, 0.25) is 0 Å². The third-order valence-electron chi connectivity index (χ3n) is 3.09. The third kappa shape index (κ3) is 18.6. The summed E-state index contributed by atoms with van der Waals surface area (Å²) < 4.78 is 0. The van der Waals surface area contributed by atoms with E-state index >= 15 is 0 Å². The van der Waals surface area contributed by atoms with Gasteiger partial charge < -0.3 is 5.11 Å². The molecule has 0 rings (SSSR count). The lowest BCUT2D eigenvalue weighted by Gasteiger charge is -2.16. The van der Waals surface area contributed by atoms with Crippen LogP contribution in [0.25, 0.3) is 0 Å². The molecule has 2 heteroatoms. The van der Waals surface area contributed by atoms with Crippen molar-refractivity contribution >= 4 is 6.29 Å². The van der Waals surface area contributed by atoms with Crippen LogP contribution < -0.4 is 0 Å². The van der Waals surface area contributed by atoms with Gasteiger partial charge in [0.2, 0.25) is 0 Å². The molecule has 0 amide bonds. The van der Waals surface area contributed by atoms with Crippen molar-refractivity contribution in [3.63, 3.8) is 0 Å². The van der Waals surface area contributed by atoms with Crippen molar-refractivity contribution in [2.75, 3.05) is 0 Å². The molecule has 0 aliphatic carbocycles. The number of allylic oxidation sites excluding steroid dienone is 6. The SMILES string of the molecule is C=CC(C)(O)CCC=C(C)C.CC(C)=CCC/C(C)=C/C=O. The van der Waals surface area contributed by atoms with Gasteiger partial charge in [-0.05, 0) is 73.3 Å². The molecule has 0 aliphatic heterocycles. The van der Waals surface area contributed by atoms with E-state index in [0.29, 0.717) is 0 Å². The molecule has 0 heterocycles. The van der Waals surface area contributed by atoms with Crippen molar-refractivity contribution in [1.29, 1.82) is 0 Å². The first-order valence-electron chi connectivity index (χ1n) is 7.88. The van der Waals surface area contributed by atoms with Crippen LogP contribution in [0.5, 0.6) is 0 Å². The van der Waals surface area contributed by atoms with Crippen LogP contribution in [-0.2, 0) is 4.79 Å². The average molecular weight is 306 g/mol. The summed E-state index contributed by atoms with van der Waals surface area (Å²) in [6.07, 6.45) is 12.1. The van der Waals surface area contributed by atoms with Crippen molar-refractivity contribution in [2.45, 2.75) is 72.8 Å². The van der Waals surface area contributed by atoms with E-state index in [9.17, 15) is 9.90 Å². The van der Waals surface area contributed by atoms with E-state index in [1.165, 1.54) is 11.1 Å². The highest BCUT2D eigenvalue weighted by Gasteiger charge is 2.12. The summed E-state index contributed by atoms with van der Waals surface area (Å²) in [7, 11) is 0. The molecule has 1 unspecified atom stereocenters. The summed E-state index contributed by atoms with van der Waals surface area (Å²) in [5.41, 5.74) is 3.08. The topological polar surface area (TPSA) is 37.3 Å². The van der Waals surface area contributed by atoms with E-state index < -0.39 is 5.60 Å². The van der Waals surface area contributed by atoms with Gasteiger partial charge in [-0.1, -0.05) is 34.9 Å². The summed E-state index contributed by atoms with van der Waals surface area (Å²) >= 11 is 0. The van der Waals surface area contributed by atoms with Crippen LogP contribution in [0.3, 0.4) is 0 Å². The van der Waals surface area contributed by atoms with Crippen LogP contribution in [0.15, 0.2) is 47.6 Å². The minimum absolute atomic E-state index is 0.702.